The van der Waals surface area contributed by atoms with Crippen molar-refractivity contribution in [2.75, 3.05) is 6.61 Å². The van der Waals surface area contributed by atoms with Crippen molar-refractivity contribution in [3.05, 3.63) is 78.1 Å². The van der Waals surface area contributed by atoms with Crippen LogP contribution in [0.2, 0.25) is 0 Å². The fourth-order valence-electron chi connectivity index (χ4n) is 2.30. The first-order chi connectivity index (χ1) is 12.1. The lowest BCUT2D eigenvalue weighted by Crippen LogP contribution is -2.43. The van der Waals surface area contributed by atoms with Crippen molar-refractivity contribution in [3.63, 3.8) is 0 Å². The number of hydrazine groups is 1. The van der Waals surface area contributed by atoms with Crippen molar-refractivity contribution < 1.29 is 18.7 Å². The largest absolute Gasteiger partial charge is 0.483 e. The molecule has 6 heteroatoms. The number of carbonyl (C=O) groups excluding carboxylic acids is 2. The highest BCUT2D eigenvalue weighted by Gasteiger charge is 2.09. The van der Waals surface area contributed by atoms with Gasteiger partial charge in [0.15, 0.2) is 6.61 Å². The molecule has 0 fully saturated rings. The first-order valence-corrected chi connectivity index (χ1v) is 7.59. The molecule has 0 radical (unpaired) electrons. The molecule has 0 aliphatic rings. The zero-order valence-corrected chi connectivity index (χ0v) is 13.2. The molecule has 25 heavy (non-hydrogen) atoms. The summed E-state index contributed by atoms with van der Waals surface area (Å²) in [5, 5.41) is 1.90. The van der Waals surface area contributed by atoms with Crippen LogP contribution in [0.1, 0.15) is 10.4 Å². The minimum absolute atomic E-state index is 0.233. The van der Waals surface area contributed by atoms with Gasteiger partial charge in [-0.15, -0.1) is 0 Å². The maximum absolute atomic E-state index is 12.8. The van der Waals surface area contributed by atoms with Crippen molar-refractivity contribution in [2.24, 2.45) is 0 Å². The molecule has 0 saturated heterocycles. The number of hydrogen-bond donors (Lipinski definition) is 2. The van der Waals surface area contributed by atoms with E-state index >= 15 is 0 Å². The number of hydrogen-bond acceptors (Lipinski definition) is 3. The summed E-state index contributed by atoms with van der Waals surface area (Å²) >= 11 is 0. The molecular formula is C19H15FN2O3. The number of nitrogens with one attached hydrogen (secondary N) is 2. The fraction of sp³-hybridized carbons (Fsp3) is 0.0526. The van der Waals surface area contributed by atoms with Gasteiger partial charge in [0.25, 0.3) is 11.8 Å². The summed E-state index contributed by atoms with van der Waals surface area (Å²) in [5.74, 6) is -0.913. The van der Waals surface area contributed by atoms with Crippen LogP contribution >= 0.6 is 0 Å². The number of halogens is 1. The summed E-state index contributed by atoms with van der Waals surface area (Å²) in [5.41, 5.74) is 4.74. The molecule has 5 nitrogen and oxygen atoms in total. The standard InChI is InChI=1S/C19H15FN2O3/c20-15-10-8-14(9-11-15)19(24)22-21-18(23)12-25-17-7-3-5-13-4-1-2-6-16(13)17/h1-11H,12H2,(H,21,23)(H,22,24). The molecule has 0 heterocycles. The highest BCUT2D eigenvalue weighted by atomic mass is 19.1. The van der Waals surface area contributed by atoms with E-state index in [2.05, 4.69) is 10.9 Å². The number of benzene rings is 3. The lowest BCUT2D eigenvalue weighted by molar-refractivity contribution is -0.123. The third-order valence-corrected chi connectivity index (χ3v) is 3.53. The summed E-state index contributed by atoms with van der Waals surface area (Å²) in [6, 6.07) is 18.2. The Labute approximate surface area is 143 Å². The summed E-state index contributed by atoms with van der Waals surface area (Å²) < 4.78 is 18.3. The summed E-state index contributed by atoms with van der Waals surface area (Å²) in [4.78, 5) is 23.7. The Hall–Kier alpha value is -3.41. The molecule has 0 aliphatic heterocycles. The molecule has 3 rings (SSSR count). The molecule has 0 aromatic heterocycles. The van der Waals surface area contributed by atoms with Gasteiger partial charge in [0.2, 0.25) is 0 Å². The second-order valence-corrected chi connectivity index (χ2v) is 5.28. The Morgan fingerprint density at radius 1 is 0.880 bits per heavy atom. The van der Waals surface area contributed by atoms with Crippen molar-refractivity contribution in [1.29, 1.82) is 0 Å². The van der Waals surface area contributed by atoms with Crippen molar-refractivity contribution in [3.8, 4) is 5.75 Å². The third kappa shape index (κ3) is 4.11. The van der Waals surface area contributed by atoms with Crippen LogP contribution in [-0.4, -0.2) is 18.4 Å². The Morgan fingerprint density at radius 2 is 1.60 bits per heavy atom. The van der Waals surface area contributed by atoms with E-state index in [0.717, 1.165) is 10.8 Å². The SMILES string of the molecule is O=C(COc1cccc2ccccc12)NNC(=O)c1ccc(F)cc1. The Balaban J connectivity index is 1.54. The van der Waals surface area contributed by atoms with Gasteiger partial charge in [-0.3, -0.25) is 20.4 Å². The van der Waals surface area contributed by atoms with E-state index in [1.807, 2.05) is 36.4 Å². The Morgan fingerprint density at radius 3 is 2.40 bits per heavy atom. The maximum atomic E-state index is 12.8. The number of rotatable bonds is 4. The molecule has 0 unspecified atom stereocenters. The van der Waals surface area contributed by atoms with Gasteiger partial charge in [0.05, 0.1) is 0 Å². The maximum Gasteiger partial charge on any atom is 0.276 e. The van der Waals surface area contributed by atoms with Crippen LogP contribution in [0.4, 0.5) is 4.39 Å². The van der Waals surface area contributed by atoms with Crippen molar-refractivity contribution >= 4 is 22.6 Å². The monoisotopic (exact) mass is 338 g/mol. The first kappa shape index (κ1) is 16.4. The summed E-state index contributed by atoms with van der Waals surface area (Å²) in [6.45, 7) is -0.252. The highest BCUT2D eigenvalue weighted by molar-refractivity contribution is 5.95. The van der Waals surface area contributed by atoms with E-state index in [1.54, 1.807) is 6.07 Å². The minimum atomic E-state index is -0.543. The average Bonchev–Trinajstić information content (AvgIpc) is 2.65. The normalized spacial score (nSPS) is 10.3. The molecule has 0 atom stereocenters. The summed E-state index contributed by atoms with van der Waals surface area (Å²) in [6.07, 6.45) is 0. The van der Waals surface area contributed by atoms with E-state index in [-0.39, 0.29) is 12.2 Å². The number of amides is 2. The van der Waals surface area contributed by atoms with Crippen LogP contribution < -0.4 is 15.6 Å². The Kier molecular flexibility index (Phi) is 4.89. The van der Waals surface area contributed by atoms with Gasteiger partial charge in [0.1, 0.15) is 11.6 Å². The smallest absolute Gasteiger partial charge is 0.276 e. The van der Waals surface area contributed by atoms with E-state index in [0.29, 0.717) is 5.75 Å². The lowest BCUT2D eigenvalue weighted by Gasteiger charge is -2.10. The van der Waals surface area contributed by atoms with E-state index < -0.39 is 17.6 Å². The minimum Gasteiger partial charge on any atom is -0.483 e. The topological polar surface area (TPSA) is 67.4 Å². The molecule has 3 aromatic carbocycles. The molecule has 2 amide bonds. The highest BCUT2D eigenvalue weighted by Crippen LogP contribution is 2.24. The number of carbonyl (C=O) groups is 2. The quantitative estimate of drug-likeness (QED) is 0.719. The van der Waals surface area contributed by atoms with Gasteiger partial charge in [-0.05, 0) is 35.7 Å². The second-order valence-electron chi connectivity index (χ2n) is 5.28. The predicted octanol–water partition coefficient (Wildman–Crippen LogP) is 2.82. The molecule has 0 aliphatic carbocycles. The zero-order chi connectivity index (χ0) is 17.6. The van der Waals surface area contributed by atoms with Crippen LogP contribution in [-0.2, 0) is 4.79 Å². The van der Waals surface area contributed by atoms with Crippen LogP contribution in [0.15, 0.2) is 66.7 Å². The van der Waals surface area contributed by atoms with Crippen LogP contribution in [0.25, 0.3) is 10.8 Å². The van der Waals surface area contributed by atoms with E-state index in [1.165, 1.54) is 24.3 Å². The van der Waals surface area contributed by atoms with E-state index in [9.17, 15) is 14.0 Å². The van der Waals surface area contributed by atoms with Crippen LogP contribution in [0, 0.1) is 5.82 Å². The third-order valence-electron chi connectivity index (χ3n) is 3.53. The van der Waals surface area contributed by atoms with Gasteiger partial charge in [0, 0.05) is 10.9 Å². The molecule has 126 valence electrons. The van der Waals surface area contributed by atoms with Gasteiger partial charge in [-0.25, -0.2) is 4.39 Å². The molecule has 2 N–H and O–H groups in total. The molecular weight excluding hydrogens is 323 g/mol. The molecule has 0 saturated carbocycles. The van der Waals surface area contributed by atoms with Gasteiger partial charge >= 0.3 is 0 Å². The molecule has 3 aromatic rings. The zero-order valence-electron chi connectivity index (χ0n) is 13.2. The predicted molar refractivity (Wildman–Crippen MR) is 91.5 cm³/mol. The number of ether oxygens (including phenoxy) is 1. The van der Waals surface area contributed by atoms with Crippen LogP contribution in [0.5, 0.6) is 5.75 Å². The van der Waals surface area contributed by atoms with Gasteiger partial charge in [-0.2, -0.15) is 0 Å². The Bertz CT molecular complexity index is 905. The van der Waals surface area contributed by atoms with Crippen LogP contribution in [0.3, 0.4) is 0 Å². The molecule has 0 bridgehead atoms. The van der Waals surface area contributed by atoms with Crippen molar-refractivity contribution in [1.82, 2.24) is 10.9 Å². The summed E-state index contributed by atoms with van der Waals surface area (Å²) in [7, 11) is 0. The fourth-order valence-corrected chi connectivity index (χ4v) is 2.30. The van der Waals surface area contributed by atoms with Gasteiger partial charge in [-0.1, -0.05) is 36.4 Å². The number of fused-ring (bicyclic) bond motifs is 1. The lowest BCUT2D eigenvalue weighted by atomic mass is 10.1. The van der Waals surface area contributed by atoms with E-state index in [4.69, 9.17) is 4.74 Å². The van der Waals surface area contributed by atoms with Gasteiger partial charge < -0.3 is 4.74 Å². The van der Waals surface area contributed by atoms with Crippen molar-refractivity contribution in [2.45, 2.75) is 0 Å². The average molecular weight is 338 g/mol. The second kappa shape index (κ2) is 7.44. The first-order valence-electron chi connectivity index (χ1n) is 7.59. The molecule has 0 spiro atoms.